The highest BCUT2D eigenvalue weighted by Gasteiger charge is 2.33. The number of rotatable bonds is 7. The first-order valence-electron chi connectivity index (χ1n) is 7.79. The molecule has 1 aromatic carbocycles. The summed E-state index contributed by atoms with van der Waals surface area (Å²) in [6.45, 7) is 3.73. The van der Waals surface area contributed by atoms with E-state index in [9.17, 15) is 22.8 Å². The van der Waals surface area contributed by atoms with Crippen molar-refractivity contribution in [2.45, 2.75) is 45.3 Å². The average Bonchev–Trinajstić information content (AvgIpc) is 2.52. The SMILES string of the molecule is CCCCC(NC(=O)Nc1ccc(Cl)c(C(F)(F)F)c1)C(=O)OCC. The molecule has 0 bridgehead atoms. The van der Waals surface area contributed by atoms with Gasteiger partial charge in [-0.3, -0.25) is 0 Å². The Morgan fingerprint density at radius 1 is 1.28 bits per heavy atom. The van der Waals surface area contributed by atoms with Crippen molar-refractivity contribution in [3.63, 3.8) is 0 Å². The number of urea groups is 1. The second-order valence-electron chi connectivity index (χ2n) is 5.24. The summed E-state index contributed by atoms with van der Waals surface area (Å²) in [6.07, 6.45) is -2.77. The molecular formula is C16H20ClF3N2O3. The zero-order chi connectivity index (χ0) is 19.0. The summed E-state index contributed by atoms with van der Waals surface area (Å²) < 4.78 is 43.4. The van der Waals surface area contributed by atoms with E-state index in [1.165, 1.54) is 6.07 Å². The smallest absolute Gasteiger partial charge is 0.417 e. The lowest BCUT2D eigenvalue weighted by atomic mass is 10.1. The number of benzene rings is 1. The van der Waals surface area contributed by atoms with E-state index >= 15 is 0 Å². The molecule has 0 aliphatic carbocycles. The maximum atomic E-state index is 12.8. The number of esters is 1. The lowest BCUT2D eigenvalue weighted by molar-refractivity contribution is -0.145. The minimum Gasteiger partial charge on any atom is -0.464 e. The molecule has 0 heterocycles. The van der Waals surface area contributed by atoms with Crippen molar-refractivity contribution >= 4 is 29.3 Å². The number of nitrogens with one attached hydrogen (secondary N) is 2. The number of hydrogen-bond donors (Lipinski definition) is 2. The van der Waals surface area contributed by atoms with Gasteiger partial charge in [0.25, 0.3) is 0 Å². The molecule has 25 heavy (non-hydrogen) atoms. The molecule has 0 aromatic heterocycles. The largest absolute Gasteiger partial charge is 0.464 e. The van der Waals surface area contributed by atoms with Gasteiger partial charge >= 0.3 is 18.2 Å². The number of halogens is 4. The zero-order valence-electron chi connectivity index (χ0n) is 13.9. The van der Waals surface area contributed by atoms with Crippen LogP contribution in [0.15, 0.2) is 18.2 Å². The van der Waals surface area contributed by atoms with Gasteiger partial charge in [-0.05, 0) is 31.5 Å². The number of unbranched alkanes of at least 4 members (excludes halogenated alkanes) is 1. The lowest BCUT2D eigenvalue weighted by Gasteiger charge is -2.18. The van der Waals surface area contributed by atoms with E-state index in [0.717, 1.165) is 18.6 Å². The van der Waals surface area contributed by atoms with Crippen molar-refractivity contribution in [2.75, 3.05) is 11.9 Å². The van der Waals surface area contributed by atoms with E-state index < -0.39 is 34.8 Å². The number of alkyl halides is 3. The number of carbonyl (C=O) groups excluding carboxylic acids is 2. The van der Waals surface area contributed by atoms with Gasteiger partial charge in [-0.2, -0.15) is 13.2 Å². The summed E-state index contributed by atoms with van der Waals surface area (Å²) in [4.78, 5) is 23.8. The van der Waals surface area contributed by atoms with E-state index in [0.29, 0.717) is 12.8 Å². The molecule has 1 unspecified atom stereocenters. The fourth-order valence-corrected chi connectivity index (χ4v) is 2.27. The van der Waals surface area contributed by atoms with Crippen molar-refractivity contribution in [3.05, 3.63) is 28.8 Å². The fourth-order valence-electron chi connectivity index (χ4n) is 2.05. The molecule has 2 N–H and O–H groups in total. The van der Waals surface area contributed by atoms with Gasteiger partial charge in [0.2, 0.25) is 0 Å². The first kappa shape index (κ1) is 21.1. The summed E-state index contributed by atoms with van der Waals surface area (Å²) in [6, 6.07) is 1.34. The summed E-state index contributed by atoms with van der Waals surface area (Å²) in [5.41, 5.74) is -1.15. The molecule has 0 aliphatic rings. The Labute approximate surface area is 148 Å². The quantitative estimate of drug-likeness (QED) is 0.679. The van der Waals surface area contributed by atoms with E-state index in [4.69, 9.17) is 16.3 Å². The van der Waals surface area contributed by atoms with Gasteiger partial charge in [-0.1, -0.05) is 31.4 Å². The third kappa shape index (κ3) is 6.81. The highest BCUT2D eigenvalue weighted by atomic mass is 35.5. The van der Waals surface area contributed by atoms with Gasteiger partial charge in [0.1, 0.15) is 6.04 Å². The van der Waals surface area contributed by atoms with Crippen LogP contribution in [0.4, 0.5) is 23.7 Å². The van der Waals surface area contributed by atoms with Crippen LogP contribution in [0.1, 0.15) is 38.7 Å². The van der Waals surface area contributed by atoms with Crippen LogP contribution in [0.2, 0.25) is 5.02 Å². The van der Waals surface area contributed by atoms with Gasteiger partial charge in [0.15, 0.2) is 0 Å². The van der Waals surface area contributed by atoms with Gasteiger partial charge in [-0.25, -0.2) is 9.59 Å². The van der Waals surface area contributed by atoms with E-state index in [1.807, 2.05) is 6.92 Å². The summed E-state index contributed by atoms with van der Waals surface area (Å²) in [5.74, 6) is -0.585. The molecular weight excluding hydrogens is 361 g/mol. The van der Waals surface area contributed by atoms with Crippen molar-refractivity contribution in [3.8, 4) is 0 Å². The minimum absolute atomic E-state index is 0.0904. The second-order valence-corrected chi connectivity index (χ2v) is 5.64. The molecule has 0 saturated carbocycles. The highest BCUT2D eigenvalue weighted by molar-refractivity contribution is 6.31. The van der Waals surface area contributed by atoms with Crippen molar-refractivity contribution in [1.82, 2.24) is 5.32 Å². The molecule has 1 aromatic rings. The van der Waals surface area contributed by atoms with Crippen LogP contribution in [0.5, 0.6) is 0 Å². The average molecular weight is 381 g/mol. The molecule has 0 spiro atoms. The van der Waals surface area contributed by atoms with Gasteiger partial charge < -0.3 is 15.4 Å². The molecule has 9 heteroatoms. The van der Waals surface area contributed by atoms with Gasteiger partial charge in [0.05, 0.1) is 17.2 Å². The molecule has 0 radical (unpaired) electrons. The third-order valence-corrected chi connectivity index (χ3v) is 3.58. The van der Waals surface area contributed by atoms with E-state index in [2.05, 4.69) is 10.6 Å². The van der Waals surface area contributed by atoms with Crippen LogP contribution in [-0.4, -0.2) is 24.6 Å². The zero-order valence-corrected chi connectivity index (χ0v) is 14.6. The molecule has 0 fully saturated rings. The Bertz CT molecular complexity index is 609. The van der Waals surface area contributed by atoms with Crippen LogP contribution >= 0.6 is 11.6 Å². The molecule has 0 saturated heterocycles. The van der Waals surface area contributed by atoms with Crippen LogP contribution in [-0.2, 0) is 15.7 Å². The molecule has 1 atom stereocenters. The molecule has 0 aliphatic heterocycles. The molecule has 2 amide bonds. The van der Waals surface area contributed by atoms with Crippen LogP contribution in [0.25, 0.3) is 0 Å². The normalized spacial score (nSPS) is 12.4. The third-order valence-electron chi connectivity index (χ3n) is 3.25. The molecule has 1 rings (SSSR count). The Hall–Kier alpha value is -1.96. The monoisotopic (exact) mass is 380 g/mol. The van der Waals surface area contributed by atoms with Gasteiger partial charge in [-0.15, -0.1) is 0 Å². The molecule has 140 valence electrons. The van der Waals surface area contributed by atoms with E-state index in [-0.39, 0.29) is 12.3 Å². The lowest BCUT2D eigenvalue weighted by Crippen LogP contribution is -2.43. The fraction of sp³-hybridized carbons (Fsp3) is 0.500. The van der Waals surface area contributed by atoms with Crippen LogP contribution < -0.4 is 10.6 Å². The maximum Gasteiger partial charge on any atom is 0.417 e. The van der Waals surface area contributed by atoms with Crippen LogP contribution in [0.3, 0.4) is 0 Å². The van der Waals surface area contributed by atoms with Crippen LogP contribution in [0, 0.1) is 0 Å². The Morgan fingerprint density at radius 3 is 2.52 bits per heavy atom. The summed E-state index contributed by atoms with van der Waals surface area (Å²) >= 11 is 5.53. The number of ether oxygens (including phenoxy) is 1. The number of carbonyl (C=O) groups is 2. The second kappa shape index (κ2) is 9.50. The first-order chi connectivity index (χ1) is 11.7. The topological polar surface area (TPSA) is 67.4 Å². The molecule has 5 nitrogen and oxygen atoms in total. The Kier molecular flexibility index (Phi) is 8.02. The standard InChI is InChI=1S/C16H20ClF3N2O3/c1-3-5-6-13(14(23)25-4-2)22-15(24)21-10-7-8-12(17)11(9-10)16(18,19)20/h7-9,13H,3-6H2,1-2H3,(H2,21,22,24). The van der Waals surface area contributed by atoms with Crippen molar-refractivity contribution < 1.29 is 27.5 Å². The van der Waals surface area contributed by atoms with Crippen molar-refractivity contribution in [2.24, 2.45) is 0 Å². The minimum atomic E-state index is -4.64. The Balaban J connectivity index is 2.81. The summed E-state index contributed by atoms with van der Waals surface area (Å²) in [7, 11) is 0. The van der Waals surface area contributed by atoms with Gasteiger partial charge in [0, 0.05) is 5.69 Å². The number of hydrogen-bond acceptors (Lipinski definition) is 3. The predicted molar refractivity (Wildman–Crippen MR) is 88.6 cm³/mol. The van der Waals surface area contributed by atoms with E-state index in [1.54, 1.807) is 6.92 Å². The summed E-state index contributed by atoms with van der Waals surface area (Å²) in [5, 5.41) is 4.22. The maximum absolute atomic E-state index is 12.8. The first-order valence-corrected chi connectivity index (χ1v) is 8.17. The highest BCUT2D eigenvalue weighted by Crippen LogP contribution is 2.36. The number of amides is 2. The van der Waals surface area contributed by atoms with Crippen molar-refractivity contribution in [1.29, 1.82) is 0 Å². The predicted octanol–water partition coefficient (Wildman–Crippen LogP) is 4.60. The number of anilines is 1. The Morgan fingerprint density at radius 2 is 1.96 bits per heavy atom.